The van der Waals surface area contributed by atoms with Gasteiger partial charge in [0.05, 0.1) is 18.1 Å². The molecule has 3 aromatic rings. The lowest BCUT2D eigenvalue weighted by atomic mass is 10.3. The van der Waals surface area contributed by atoms with Crippen molar-refractivity contribution in [1.82, 2.24) is 19.2 Å². The van der Waals surface area contributed by atoms with Crippen LogP contribution in [0.4, 0.5) is 0 Å². The Bertz CT molecular complexity index is 731. The average molecular weight is 285 g/mol. The van der Waals surface area contributed by atoms with Crippen LogP contribution in [0.3, 0.4) is 0 Å². The van der Waals surface area contributed by atoms with Crippen LogP contribution in [0.1, 0.15) is 19.0 Å². The van der Waals surface area contributed by atoms with E-state index in [1.54, 1.807) is 6.20 Å². The molecule has 0 bridgehead atoms. The molecule has 3 aromatic heterocycles. The van der Waals surface area contributed by atoms with Crippen LogP contribution >= 0.6 is 0 Å². The molecule has 0 spiro atoms. The zero-order valence-electron chi connectivity index (χ0n) is 12.1. The lowest BCUT2D eigenvalue weighted by Gasteiger charge is -2.03. The van der Waals surface area contributed by atoms with Gasteiger partial charge in [-0.2, -0.15) is 10.1 Å². The standard InChI is InChI=1S/C15H19N5O/c1-2-8-19-11-12(10-17-19)21-15-13(6-7-16)20-9-4-3-5-14(20)18-15/h3-5,9-11H,2,6-8,16H2,1H3. The highest BCUT2D eigenvalue weighted by molar-refractivity contribution is 5.46. The Morgan fingerprint density at radius 1 is 1.33 bits per heavy atom. The average Bonchev–Trinajstić information content (AvgIpc) is 3.06. The number of nitrogens with zero attached hydrogens (tertiary/aromatic N) is 4. The van der Waals surface area contributed by atoms with Gasteiger partial charge in [0.15, 0.2) is 5.75 Å². The number of imidazole rings is 1. The molecule has 0 fully saturated rings. The van der Waals surface area contributed by atoms with Crippen molar-refractivity contribution in [2.24, 2.45) is 5.73 Å². The summed E-state index contributed by atoms with van der Waals surface area (Å²) in [4.78, 5) is 4.53. The molecule has 6 heteroatoms. The van der Waals surface area contributed by atoms with E-state index in [4.69, 9.17) is 10.5 Å². The first kappa shape index (κ1) is 13.6. The highest BCUT2D eigenvalue weighted by Gasteiger charge is 2.14. The second kappa shape index (κ2) is 5.97. The van der Waals surface area contributed by atoms with Crippen molar-refractivity contribution in [1.29, 1.82) is 0 Å². The van der Waals surface area contributed by atoms with E-state index in [0.29, 0.717) is 24.6 Å². The molecular weight excluding hydrogens is 266 g/mol. The summed E-state index contributed by atoms with van der Waals surface area (Å²) in [6.07, 6.45) is 7.32. The molecule has 3 heterocycles. The normalized spacial score (nSPS) is 11.1. The summed E-state index contributed by atoms with van der Waals surface area (Å²) in [5.41, 5.74) is 7.54. The molecule has 6 nitrogen and oxygen atoms in total. The van der Waals surface area contributed by atoms with Gasteiger partial charge >= 0.3 is 0 Å². The minimum atomic E-state index is 0.550. The molecule has 0 amide bonds. The van der Waals surface area contributed by atoms with Crippen LogP contribution in [-0.2, 0) is 13.0 Å². The van der Waals surface area contributed by atoms with Gasteiger partial charge in [-0.05, 0) is 25.1 Å². The summed E-state index contributed by atoms with van der Waals surface area (Å²) in [7, 11) is 0. The maximum absolute atomic E-state index is 5.90. The van der Waals surface area contributed by atoms with E-state index in [-0.39, 0.29) is 0 Å². The molecule has 0 aromatic carbocycles. The molecule has 3 rings (SSSR count). The van der Waals surface area contributed by atoms with Crippen molar-refractivity contribution in [2.45, 2.75) is 26.3 Å². The Balaban J connectivity index is 1.93. The molecule has 0 aliphatic carbocycles. The first-order valence-corrected chi connectivity index (χ1v) is 7.18. The predicted octanol–water partition coefficient (Wildman–Crippen LogP) is 2.23. The number of nitrogens with two attached hydrogens (primary N) is 1. The summed E-state index contributed by atoms with van der Waals surface area (Å²) < 4.78 is 9.78. The van der Waals surface area contributed by atoms with Gasteiger partial charge in [-0.1, -0.05) is 13.0 Å². The summed E-state index contributed by atoms with van der Waals surface area (Å²) in [5, 5.41) is 4.26. The van der Waals surface area contributed by atoms with Crippen LogP contribution in [-0.4, -0.2) is 25.7 Å². The highest BCUT2D eigenvalue weighted by Crippen LogP contribution is 2.25. The molecule has 0 saturated carbocycles. The largest absolute Gasteiger partial charge is 0.434 e. The molecule has 0 radical (unpaired) electrons. The Morgan fingerprint density at radius 3 is 3.05 bits per heavy atom. The lowest BCUT2D eigenvalue weighted by molar-refractivity contribution is 0.457. The number of ether oxygens (including phenoxy) is 1. The van der Waals surface area contributed by atoms with Crippen LogP contribution in [0.25, 0.3) is 5.65 Å². The van der Waals surface area contributed by atoms with Crippen molar-refractivity contribution in [3.8, 4) is 11.6 Å². The van der Waals surface area contributed by atoms with E-state index in [0.717, 1.165) is 24.3 Å². The fraction of sp³-hybridized carbons (Fsp3) is 0.333. The molecule has 0 atom stereocenters. The van der Waals surface area contributed by atoms with Crippen LogP contribution in [0, 0.1) is 0 Å². The summed E-state index contributed by atoms with van der Waals surface area (Å²) >= 11 is 0. The number of pyridine rings is 1. The van der Waals surface area contributed by atoms with Gasteiger partial charge in [0.1, 0.15) is 5.65 Å². The zero-order valence-corrected chi connectivity index (χ0v) is 12.1. The highest BCUT2D eigenvalue weighted by atomic mass is 16.5. The topological polar surface area (TPSA) is 70.4 Å². The number of hydrogen-bond donors (Lipinski definition) is 1. The van der Waals surface area contributed by atoms with Gasteiger partial charge < -0.3 is 14.9 Å². The fourth-order valence-corrected chi connectivity index (χ4v) is 2.33. The smallest absolute Gasteiger partial charge is 0.241 e. The first-order valence-electron chi connectivity index (χ1n) is 7.18. The number of aromatic nitrogens is 4. The van der Waals surface area contributed by atoms with E-state index < -0.39 is 0 Å². The Morgan fingerprint density at radius 2 is 2.24 bits per heavy atom. The summed E-state index contributed by atoms with van der Waals surface area (Å²) in [6, 6.07) is 5.88. The summed E-state index contributed by atoms with van der Waals surface area (Å²) in [5.74, 6) is 1.30. The third kappa shape index (κ3) is 2.75. The van der Waals surface area contributed by atoms with Crippen molar-refractivity contribution in [2.75, 3.05) is 6.54 Å². The Kier molecular flexibility index (Phi) is 3.87. The number of fused-ring (bicyclic) bond motifs is 1. The molecule has 0 aliphatic heterocycles. The van der Waals surface area contributed by atoms with Crippen LogP contribution < -0.4 is 10.5 Å². The maximum atomic E-state index is 5.90. The fourth-order valence-electron chi connectivity index (χ4n) is 2.33. The van der Waals surface area contributed by atoms with Gasteiger partial charge in [0.2, 0.25) is 5.88 Å². The second-order valence-electron chi connectivity index (χ2n) is 4.87. The minimum absolute atomic E-state index is 0.550. The van der Waals surface area contributed by atoms with Gasteiger partial charge in [0, 0.05) is 19.2 Å². The molecule has 0 saturated heterocycles. The van der Waals surface area contributed by atoms with Gasteiger partial charge in [-0.15, -0.1) is 0 Å². The van der Waals surface area contributed by atoms with Crippen molar-refractivity contribution in [3.05, 3.63) is 42.5 Å². The second-order valence-corrected chi connectivity index (χ2v) is 4.87. The number of hydrogen-bond acceptors (Lipinski definition) is 4. The SMILES string of the molecule is CCCn1cc(Oc2nc3ccccn3c2CCN)cn1. The molecular formula is C15H19N5O. The Hall–Kier alpha value is -2.34. The third-order valence-corrected chi connectivity index (χ3v) is 3.25. The number of rotatable bonds is 6. The third-order valence-electron chi connectivity index (χ3n) is 3.25. The first-order chi connectivity index (χ1) is 10.3. The van der Waals surface area contributed by atoms with E-state index in [2.05, 4.69) is 17.0 Å². The Labute approximate surface area is 123 Å². The van der Waals surface area contributed by atoms with E-state index in [9.17, 15) is 0 Å². The van der Waals surface area contributed by atoms with Crippen molar-refractivity contribution >= 4 is 5.65 Å². The van der Waals surface area contributed by atoms with E-state index >= 15 is 0 Å². The molecule has 0 aliphatic rings. The lowest BCUT2D eigenvalue weighted by Crippen LogP contribution is -2.06. The molecule has 110 valence electrons. The summed E-state index contributed by atoms with van der Waals surface area (Å²) in [6.45, 7) is 3.54. The molecule has 2 N–H and O–H groups in total. The van der Waals surface area contributed by atoms with Gasteiger partial charge in [-0.25, -0.2) is 0 Å². The van der Waals surface area contributed by atoms with Crippen LogP contribution in [0.5, 0.6) is 11.6 Å². The molecule has 21 heavy (non-hydrogen) atoms. The molecule has 0 unspecified atom stereocenters. The van der Waals surface area contributed by atoms with Crippen molar-refractivity contribution < 1.29 is 4.74 Å². The van der Waals surface area contributed by atoms with Crippen molar-refractivity contribution in [3.63, 3.8) is 0 Å². The van der Waals surface area contributed by atoms with Gasteiger partial charge in [-0.3, -0.25) is 4.68 Å². The zero-order chi connectivity index (χ0) is 14.7. The maximum Gasteiger partial charge on any atom is 0.241 e. The minimum Gasteiger partial charge on any atom is -0.434 e. The van der Waals surface area contributed by atoms with E-state index in [1.165, 1.54) is 0 Å². The van der Waals surface area contributed by atoms with Crippen LogP contribution in [0.15, 0.2) is 36.8 Å². The monoisotopic (exact) mass is 285 g/mol. The quantitative estimate of drug-likeness (QED) is 0.754. The van der Waals surface area contributed by atoms with Crippen LogP contribution in [0.2, 0.25) is 0 Å². The van der Waals surface area contributed by atoms with E-state index in [1.807, 2.05) is 39.7 Å². The van der Waals surface area contributed by atoms with Gasteiger partial charge in [0.25, 0.3) is 0 Å². The number of aryl methyl sites for hydroxylation is 1. The predicted molar refractivity (Wildman–Crippen MR) is 80.5 cm³/mol.